The highest BCUT2D eigenvalue weighted by Gasteiger charge is 2.48. The Bertz CT molecular complexity index is 535. The third-order valence-corrected chi connectivity index (χ3v) is 4.60. The van der Waals surface area contributed by atoms with Gasteiger partial charge in [0.25, 0.3) is 5.91 Å². The van der Waals surface area contributed by atoms with Crippen molar-refractivity contribution in [2.24, 2.45) is 0 Å². The molecule has 108 valence electrons. The lowest BCUT2D eigenvalue weighted by molar-refractivity contribution is -0.131. The van der Waals surface area contributed by atoms with E-state index < -0.39 is 4.75 Å². The Morgan fingerprint density at radius 2 is 2.15 bits per heavy atom. The first-order chi connectivity index (χ1) is 9.54. The largest absolute Gasteiger partial charge is 0.395 e. The molecule has 2 amide bonds. The molecule has 20 heavy (non-hydrogen) atoms. The zero-order valence-corrected chi connectivity index (χ0v) is 12.4. The molecule has 0 radical (unpaired) electrons. The number of aliphatic hydroxyl groups is 1. The average Bonchev–Trinajstić information content (AvgIpc) is 2.46. The van der Waals surface area contributed by atoms with Crippen molar-refractivity contribution < 1.29 is 14.7 Å². The number of carbonyl (C=O) groups is 2. The molecule has 0 saturated heterocycles. The second kappa shape index (κ2) is 5.85. The smallest absolute Gasteiger partial charge is 0.252 e. The van der Waals surface area contributed by atoms with E-state index in [9.17, 15) is 9.59 Å². The summed E-state index contributed by atoms with van der Waals surface area (Å²) in [6.07, 6.45) is 0. The molecule has 1 aromatic rings. The molecule has 2 rings (SSSR count). The van der Waals surface area contributed by atoms with Crippen molar-refractivity contribution in [1.29, 1.82) is 0 Å². The van der Waals surface area contributed by atoms with Crippen LogP contribution in [0.2, 0.25) is 0 Å². The molecule has 0 aliphatic carbocycles. The number of thioether (sulfide) groups is 1. The molecule has 0 spiro atoms. The Balaban J connectivity index is 2.38. The minimum Gasteiger partial charge on any atom is -0.395 e. The van der Waals surface area contributed by atoms with E-state index in [0.29, 0.717) is 6.54 Å². The highest BCUT2D eigenvalue weighted by atomic mass is 32.2. The topological polar surface area (TPSA) is 69.6 Å². The lowest BCUT2D eigenvalue weighted by atomic mass is 10.1. The number of carbonyl (C=O) groups excluding carboxylic acids is 2. The molecular formula is C14H18N2O3S. The summed E-state index contributed by atoms with van der Waals surface area (Å²) in [5.74, 6) is -0.589. The number of nitrogens with zero attached hydrogens (tertiary/aromatic N) is 1. The lowest BCUT2D eigenvalue weighted by Crippen LogP contribution is -2.56. The maximum Gasteiger partial charge on any atom is 0.252 e. The predicted octanol–water partition coefficient (Wildman–Crippen LogP) is 1.01. The van der Waals surface area contributed by atoms with Crippen LogP contribution in [0.25, 0.3) is 0 Å². The highest BCUT2D eigenvalue weighted by molar-refractivity contribution is 8.02. The number of anilines is 1. The number of para-hydroxylation sites is 1. The van der Waals surface area contributed by atoms with Gasteiger partial charge in [-0.05, 0) is 26.0 Å². The molecule has 1 unspecified atom stereocenters. The predicted molar refractivity (Wildman–Crippen MR) is 78.8 cm³/mol. The maximum atomic E-state index is 12.6. The van der Waals surface area contributed by atoms with E-state index >= 15 is 0 Å². The standard InChI is InChI=1S/C14H18N2O3S/c1-3-16-10-6-4-5-7-11(10)20-14(2,13(16)19)12(18)15-8-9-17/h4-7,17H,3,8-9H2,1-2H3,(H,15,18). The van der Waals surface area contributed by atoms with Gasteiger partial charge in [0.15, 0.2) is 4.75 Å². The van der Waals surface area contributed by atoms with Crippen LogP contribution in [0.3, 0.4) is 0 Å². The molecule has 6 heteroatoms. The average molecular weight is 294 g/mol. The number of benzene rings is 1. The van der Waals surface area contributed by atoms with Crippen LogP contribution in [0.5, 0.6) is 0 Å². The van der Waals surface area contributed by atoms with Gasteiger partial charge in [-0.15, -0.1) is 0 Å². The van der Waals surface area contributed by atoms with Crippen molar-refractivity contribution in [2.45, 2.75) is 23.5 Å². The van der Waals surface area contributed by atoms with Crippen molar-refractivity contribution in [3.63, 3.8) is 0 Å². The zero-order valence-electron chi connectivity index (χ0n) is 11.5. The van der Waals surface area contributed by atoms with Crippen LogP contribution in [0.15, 0.2) is 29.2 Å². The van der Waals surface area contributed by atoms with E-state index in [1.165, 1.54) is 11.8 Å². The summed E-state index contributed by atoms with van der Waals surface area (Å²) >= 11 is 1.26. The number of amides is 2. The van der Waals surface area contributed by atoms with Crippen molar-refractivity contribution >= 4 is 29.3 Å². The number of nitrogens with one attached hydrogen (secondary N) is 1. The maximum absolute atomic E-state index is 12.6. The van der Waals surface area contributed by atoms with Crippen LogP contribution < -0.4 is 10.2 Å². The quantitative estimate of drug-likeness (QED) is 0.813. The Morgan fingerprint density at radius 3 is 2.80 bits per heavy atom. The molecular weight excluding hydrogens is 276 g/mol. The van der Waals surface area contributed by atoms with Crippen molar-refractivity contribution in [2.75, 3.05) is 24.6 Å². The van der Waals surface area contributed by atoms with Gasteiger partial charge >= 0.3 is 0 Å². The first kappa shape index (κ1) is 14.9. The van der Waals surface area contributed by atoms with Crippen molar-refractivity contribution in [1.82, 2.24) is 5.32 Å². The van der Waals surface area contributed by atoms with Gasteiger partial charge in [-0.3, -0.25) is 9.59 Å². The Morgan fingerprint density at radius 1 is 1.45 bits per heavy atom. The van der Waals surface area contributed by atoms with E-state index in [0.717, 1.165) is 10.6 Å². The van der Waals surface area contributed by atoms with Crippen LogP contribution in [0.4, 0.5) is 5.69 Å². The van der Waals surface area contributed by atoms with E-state index in [1.54, 1.807) is 11.8 Å². The Kier molecular flexibility index (Phi) is 4.35. The number of hydrogen-bond donors (Lipinski definition) is 2. The van der Waals surface area contributed by atoms with Crippen LogP contribution in [0, 0.1) is 0 Å². The fourth-order valence-electron chi connectivity index (χ4n) is 2.19. The van der Waals surface area contributed by atoms with Crippen LogP contribution in [0.1, 0.15) is 13.8 Å². The summed E-state index contributed by atoms with van der Waals surface area (Å²) in [5, 5.41) is 11.4. The minimum atomic E-state index is -1.19. The summed E-state index contributed by atoms with van der Waals surface area (Å²) in [5.41, 5.74) is 0.845. The summed E-state index contributed by atoms with van der Waals surface area (Å²) in [6, 6.07) is 7.56. The van der Waals surface area contributed by atoms with Gasteiger partial charge in [0, 0.05) is 18.0 Å². The number of hydrogen-bond acceptors (Lipinski definition) is 4. The second-order valence-electron chi connectivity index (χ2n) is 4.63. The normalized spacial score (nSPS) is 21.6. The van der Waals surface area contributed by atoms with Crippen LogP contribution in [-0.4, -0.2) is 41.4 Å². The second-order valence-corrected chi connectivity index (χ2v) is 6.09. The first-order valence-electron chi connectivity index (χ1n) is 6.53. The summed E-state index contributed by atoms with van der Waals surface area (Å²) in [7, 11) is 0. The fourth-order valence-corrected chi connectivity index (χ4v) is 3.42. The monoisotopic (exact) mass is 294 g/mol. The SMILES string of the molecule is CCN1C(=O)C(C)(C(=O)NCCO)Sc2ccccc21. The first-order valence-corrected chi connectivity index (χ1v) is 7.35. The van der Waals surface area contributed by atoms with Crippen molar-refractivity contribution in [3.05, 3.63) is 24.3 Å². The highest BCUT2D eigenvalue weighted by Crippen LogP contribution is 2.45. The summed E-state index contributed by atoms with van der Waals surface area (Å²) in [6.45, 7) is 4.03. The van der Waals surface area contributed by atoms with Gasteiger partial charge < -0.3 is 15.3 Å². The Labute approximate surface area is 122 Å². The number of rotatable bonds is 4. The van der Waals surface area contributed by atoms with Gasteiger partial charge in [0.1, 0.15) is 0 Å². The van der Waals surface area contributed by atoms with Gasteiger partial charge in [-0.1, -0.05) is 23.9 Å². The van der Waals surface area contributed by atoms with E-state index in [-0.39, 0.29) is 25.0 Å². The third kappa shape index (κ3) is 2.41. The molecule has 0 aromatic heterocycles. The molecule has 0 bridgehead atoms. The molecule has 2 N–H and O–H groups in total. The van der Waals surface area contributed by atoms with Gasteiger partial charge in [0.2, 0.25) is 5.91 Å². The van der Waals surface area contributed by atoms with E-state index in [2.05, 4.69) is 5.32 Å². The molecule has 1 aliphatic rings. The van der Waals surface area contributed by atoms with E-state index in [4.69, 9.17) is 5.11 Å². The minimum absolute atomic E-state index is 0.144. The summed E-state index contributed by atoms with van der Waals surface area (Å²) in [4.78, 5) is 27.4. The van der Waals surface area contributed by atoms with Crippen LogP contribution >= 0.6 is 11.8 Å². The van der Waals surface area contributed by atoms with Gasteiger partial charge in [-0.2, -0.15) is 0 Å². The molecule has 1 aliphatic heterocycles. The molecule has 1 atom stereocenters. The molecule has 0 saturated carbocycles. The number of aliphatic hydroxyl groups excluding tert-OH is 1. The zero-order chi connectivity index (χ0) is 14.8. The Hall–Kier alpha value is -1.53. The molecule has 1 heterocycles. The molecule has 5 nitrogen and oxygen atoms in total. The molecule has 1 aromatic carbocycles. The third-order valence-electron chi connectivity index (χ3n) is 3.27. The van der Waals surface area contributed by atoms with Crippen molar-refractivity contribution in [3.8, 4) is 0 Å². The number of fused-ring (bicyclic) bond motifs is 1. The fraction of sp³-hybridized carbons (Fsp3) is 0.429. The van der Waals surface area contributed by atoms with Gasteiger partial charge in [0.05, 0.1) is 12.3 Å². The lowest BCUT2D eigenvalue weighted by Gasteiger charge is -2.38. The van der Waals surface area contributed by atoms with Crippen LogP contribution in [-0.2, 0) is 9.59 Å². The van der Waals surface area contributed by atoms with Gasteiger partial charge in [-0.25, -0.2) is 0 Å². The van der Waals surface area contributed by atoms with E-state index in [1.807, 2.05) is 31.2 Å². The summed E-state index contributed by atoms with van der Waals surface area (Å²) < 4.78 is -1.19. The molecule has 0 fully saturated rings.